The Morgan fingerprint density at radius 2 is 2.10 bits per heavy atom. The lowest BCUT2D eigenvalue weighted by Crippen LogP contribution is -2.16. The van der Waals surface area contributed by atoms with Crippen molar-refractivity contribution in [1.82, 2.24) is 15.2 Å². The molecule has 6 heteroatoms. The third-order valence-electron chi connectivity index (χ3n) is 2.85. The van der Waals surface area contributed by atoms with E-state index < -0.39 is 0 Å². The van der Waals surface area contributed by atoms with Crippen LogP contribution in [-0.2, 0) is 6.42 Å². The number of amides is 1. The summed E-state index contributed by atoms with van der Waals surface area (Å²) in [4.78, 5) is 16.4. The van der Waals surface area contributed by atoms with Gasteiger partial charge in [-0.1, -0.05) is 6.92 Å². The van der Waals surface area contributed by atoms with Gasteiger partial charge in [0.1, 0.15) is 5.82 Å². The molecule has 0 aliphatic carbocycles. The van der Waals surface area contributed by atoms with Crippen LogP contribution < -0.4 is 10.6 Å². The monoisotopic (exact) mass is 271 g/mol. The highest BCUT2D eigenvalue weighted by Gasteiger charge is 2.13. The third-order valence-corrected chi connectivity index (χ3v) is 2.85. The summed E-state index contributed by atoms with van der Waals surface area (Å²) in [6.07, 6.45) is 2.27. The van der Waals surface area contributed by atoms with E-state index in [4.69, 9.17) is 0 Å². The summed E-state index contributed by atoms with van der Waals surface area (Å²) < 4.78 is 0. The van der Waals surface area contributed by atoms with Crippen LogP contribution in [0.1, 0.15) is 28.7 Å². The number of carbonyl (C=O) groups is 1. The summed E-state index contributed by atoms with van der Waals surface area (Å²) >= 11 is 0. The fourth-order valence-corrected chi connectivity index (χ4v) is 1.79. The van der Waals surface area contributed by atoms with Crippen LogP contribution in [0.4, 0.5) is 11.5 Å². The van der Waals surface area contributed by atoms with Gasteiger partial charge in [0, 0.05) is 7.05 Å². The zero-order valence-corrected chi connectivity index (χ0v) is 11.8. The van der Waals surface area contributed by atoms with Gasteiger partial charge in [-0.05, 0) is 31.5 Å². The number of hydrogen-bond donors (Lipinski definition) is 2. The topological polar surface area (TPSA) is 79.8 Å². The maximum absolute atomic E-state index is 12.3. The van der Waals surface area contributed by atoms with Crippen molar-refractivity contribution in [2.24, 2.45) is 0 Å². The van der Waals surface area contributed by atoms with Gasteiger partial charge in [0.25, 0.3) is 5.91 Å². The molecule has 0 aliphatic rings. The number of anilines is 2. The van der Waals surface area contributed by atoms with Gasteiger partial charge in [0.15, 0.2) is 0 Å². The summed E-state index contributed by atoms with van der Waals surface area (Å²) in [5, 5.41) is 13.8. The first-order valence-corrected chi connectivity index (χ1v) is 6.42. The fraction of sp³-hybridized carbons (Fsp3) is 0.286. The predicted molar refractivity (Wildman–Crippen MR) is 77.9 cm³/mol. The number of nitrogens with zero attached hydrogens (tertiary/aromatic N) is 3. The molecule has 0 unspecified atom stereocenters. The Balaban J connectivity index is 2.20. The molecule has 0 radical (unpaired) electrons. The summed E-state index contributed by atoms with van der Waals surface area (Å²) in [6.45, 7) is 3.76. The first-order chi connectivity index (χ1) is 9.63. The second-order valence-electron chi connectivity index (χ2n) is 4.34. The molecule has 2 N–H and O–H groups in total. The molecule has 0 saturated carbocycles. The van der Waals surface area contributed by atoms with Gasteiger partial charge < -0.3 is 10.6 Å². The molecule has 6 nitrogen and oxygen atoms in total. The molecular weight excluding hydrogens is 254 g/mol. The van der Waals surface area contributed by atoms with Crippen LogP contribution in [0, 0.1) is 6.92 Å². The molecule has 0 spiro atoms. The molecule has 20 heavy (non-hydrogen) atoms. The summed E-state index contributed by atoms with van der Waals surface area (Å²) in [5.41, 5.74) is 2.60. The highest BCUT2D eigenvalue weighted by Crippen LogP contribution is 2.13. The third kappa shape index (κ3) is 3.09. The second-order valence-corrected chi connectivity index (χ2v) is 4.34. The van der Waals surface area contributed by atoms with Crippen molar-refractivity contribution in [3.05, 3.63) is 41.3 Å². The second kappa shape index (κ2) is 6.10. The van der Waals surface area contributed by atoms with Crippen LogP contribution in [0.25, 0.3) is 0 Å². The molecule has 2 aromatic heterocycles. The maximum Gasteiger partial charge on any atom is 0.257 e. The van der Waals surface area contributed by atoms with E-state index in [9.17, 15) is 4.79 Å². The lowest BCUT2D eigenvalue weighted by Gasteiger charge is -2.08. The Kier molecular flexibility index (Phi) is 4.24. The van der Waals surface area contributed by atoms with E-state index in [1.807, 2.05) is 13.8 Å². The number of carbonyl (C=O) groups excluding carboxylic acids is 1. The van der Waals surface area contributed by atoms with E-state index in [2.05, 4.69) is 25.8 Å². The van der Waals surface area contributed by atoms with Crippen molar-refractivity contribution in [3.63, 3.8) is 0 Å². The van der Waals surface area contributed by atoms with E-state index in [0.717, 1.165) is 11.5 Å². The lowest BCUT2D eigenvalue weighted by atomic mass is 10.1. The molecule has 0 saturated heterocycles. The van der Waals surface area contributed by atoms with Crippen molar-refractivity contribution >= 4 is 17.4 Å². The quantitative estimate of drug-likeness (QED) is 0.889. The molecule has 1 amide bonds. The van der Waals surface area contributed by atoms with E-state index >= 15 is 0 Å². The first-order valence-electron chi connectivity index (χ1n) is 6.42. The number of aromatic nitrogens is 3. The van der Waals surface area contributed by atoms with Crippen LogP contribution in [0.3, 0.4) is 0 Å². The molecule has 2 aromatic rings. The molecule has 104 valence electrons. The molecule has 0 bridgehead atoms. The number of hydrogen-bond acceptors (Lipinski definition) is 5. The highest BCUT2D eigenvalue weighted by atomic mass is 16.1. The number of aryl methyl sites for hydroxylation is 2. The number of rotatable bonds is 4. The highest BCUT2D eigenvalue weighted by molar-refractivity contribution is 6.05. The maximum atomic E-state index is 12.3. The molecular formula is C14H17N5O. The van der Waals surface area contributed by atoms with E-state index in [0.29, 0.717) is 23.4 Å². The average Bonchev–Trinajstić information content (AvgIpc) is 2.48. The van der Waals surface area contributed by atoms with Crippen LogP contribution in [0.15, 0.2) is 24.4 Å². The molecule has 0 fully saturated rings. The van der Waals surface area contributed by atoms with E-state index in [1.165, 1.54) is 0 Å². The largest absolute Gasteiger partial charge is 0.373 e. The molecule has 0 aromatic carbocycles. The van der Waals surface area contributed by atoms with Gasteiger partial charge in [-0.2, -0.15) is 10.2 Å². The smallest absolute Gasteiger partial charge is 0.257 e. The van der Waals surface area contributed by atoms with Gasteiger partial charge in [-0.3, -0.25) is 4.79 Å². The molecule has 0 atom stereocenters. The van der Waals surface area contributed by atoms with Crippen molar-refractivity contribution in [2.45, 2.75) is 20.3 Å². The minimum Gasteiger partial charge on any atom is -0.373 e. The van der Waals surface area contributed by atoms with Crippen LogP contribution >= 0.6 is 0 Å². The van der Waals surface area contributed by atoms with Crippen molar-refractivity contribution in [2.75, 3.05) is 17.7 Å². The Labute approximate surface area is 117 Å². The molecule has 2 heterocycles. The average molecular weight is 271 g/mol. The number of pyridine rings is 1. The predicted octanol–water partition coefficient (Wildman–Crippen LogP) is 2.04. The summed E-state index contributed by atoms with van der Waals surface area (Å²) in [6, 6.07) is 5.34. The van der Waals surface area contributed by atoms with Gasteiger partial charge in [-0.15, -0.1) is 0 Å². The number of nitrogens with one attached hydrogen (secondary N) is 2. The van der Waals surface area contributed by atoms with Crippen molar-refractivity contribution < 1.29 is 4.79 Å². The molecule has 2 rings (SSSR count). The van der Waals surface area contributed by atoms with Gasteiger partial charge in [-0.25, -0.2) is 4.98 Å². The normalized spacial score (nSPS) is 10.2. The zero-order valence-electron chi connectivity index (χ0n) is 11.8. The first kappa shape index (κ1) is 13.9. The Morgan fingerprint density at radius 1 is 1.30 bits per heavy atom. The van der Waals surface area contributed by atoms with E-state index in [1.54, 1.807) is 31.4 Å². The fourth-order valence-electron chi connectivity index (χ4n) is 1.79. The van der Waals surface area contributed by atoms with Crippen LogP contribution in [0.5, 0.6) is 0 Å². The summed E-state index contributed by atoms with van der Waals surface area (Å²) in [7, 11) is 1.79. The van der Waals surface area contributed by atoms with Gasteiger partial charge in [0.05, 0.1) is 28.8 Å². The Morgan fingerprint density at radius 3 is 2.70 bits per heavy atom. The SMILES string of the molecule is CCc1nnc(C)cc1C(=O)Nc1ccc(NC)nc1. The Bertz CT molecular complexity index is 609. The van der Waals surface area contributed by atoms with Crippen LogP contribution in [-0.4, -0.2) is 28.1 Å². The standard InChI is InChI=1S/C14H17N5O/c1-4-12-11(7-9(2)18-19-12)14(20)17-10-5-6-13(15-3)16-8-10/h5-8H,4H2,1-3H3,(H,15,16)(H,17,20). The minimum atomic E-state index is -0.196. The van der Waals surface area contributed by atoms with Gasteiger partial charge in [0.2, 0.25) is 0 Å². The van der Waals surface area contributed by atoms with Gasteiger partial charge >= 0.3 is 0 Å². The van der Waals surface area contributed by atoms with Crippen molar-refractivity contribution in [1.29, 1.82) is 0 Å². The summed E-state index contributed by atoms with van der Waals surface area (Å²) in [5.74, 6) is 0.553. The molecule has 0 aliphatic heterocycles. The van der Waals surface area contributed by atoms with Crippen molar-refractivity contribution in [3.8, 4) is 0 Å². The minimum absolute atomic E-state index is 0.196. The zero-order chi connectivity index (χ0) is 14.5. The van der Waals surface area contributed by atoms with Crippen LogP contribution in [0.2, 0.25) is 0 Å². The Hall–Kier alpha value is -2.50. The lowest BCUT2D eigenvalue weighted by molar-refractivity contribution is 0.102. The van der Waals surface area contributed by atoms with E-state index in [-0.39, 0.29) is 5.91 Å².